The fourth-order valence-corrected chi connectivity index (χ4v) is 4.17. The molecule has 1 N–H and O–H groups in total. The van der Waals surface area contributed by atoms with Crippen molar-refractivity contribution < 1.29 is 18.6 Å². The highest BCUT2D eigenvalue weighted by molar-refractivity contribution is 9.10. The second-order valence-corrected chi connectivity index (χ2v) is 10.0. The van der Waals surface area contributed by atoms with Gasteiger partial charge in [0.05, 0.1) is 17.1 Å². The molecule has 0 saturated carbocycles. The van der Waals surface area contributed by atoms with Crippen LogP contribution in [0.2, 0.25) is 0 Å². The quantitative estimate of drug-likeness (QED) is 0.331. The number of nitrogens with zero attached hydrogens (tertiary/aromatic N) is 4. The molecular formula is C27H25BrF2N4O3. The van der Waals surface area contributed by atoms with Gasteiger partial charge < -0.3 is 9.84 Å². The Bertz CT molecular complexity index is 1570. The highest BCUT2D eigenvalue weighted by atomic mass is 79.9. The van der Waals surface area contributed by atoms with Crippen LogP contribution in [-0.2, 0) is 12.2 Å². The van der Waals surface area contributed by atoms with Crippen molar-refractivity contribution in [3.63, 3.8) is 0 Å². The Morgan fingerprint density at radius 3 is 2.51 bits per heavy atom. The molecule has 0 fully saturated rings. The normalized spacial score (nSPS) is 11.6. The zero-order valence-electron chi connectivity index (χ0n) is 20.9. The lowest BCUT2D eigenvalue weighted by Crippen LogP contribution is -2.23. The third kappa shape index (κ3) is 5.30. The van der Waals surface area contributed by atoms with Crippen LogP contribution in [0.15, 0.2) is 52.0 Å². The van der Waals surface area contributed by atoms with Gasteiger partial charge >= 0.3 is 0 Å². The van der Waals surface area contributed by atoms with Crippen LogP contribution in [0.5, 0.6) is 5.75 Å². The maximum Gasteiger partial charge on any atom is 0.273 e. The van der Waals surface area contributed by atoms with Crippen LogP contribution >= 0.6 is 15.9 Å². The van der Waals surface area contributed by atoms with E-state index >= 15 is 0 Å². The average Bonchev–Trinajstić information content (AvgIpc) is 2.85. The lowest BCUT2D eigenvalue weighted by molar-refractivity contribution is 0.0688. The van der Waals surface area contributed by atoms with Gasteiger partial charge in [0.2, 0.25) is 0 Å². The number of hydrogen-bond donors (Lipinski definition) is 1. The summed E-state index contributed by atoms with van der Waals surface area (Å²) in [6.45, 7) is 7.95. The fourth-order valence-electron chi connectivity index (χ4n) is 3.76. The van der Waals surface area contributed by atoms with Crippen molar-refractivity contribution in [2.45, 2.75) is 46.8 Å². The van der Waals surface area contributed by atoms with E-state index < -0.39 is 17.2 Å². The smallest absolute Gasteiger partial charge is 0.273 e. The van der Waals surface area contributed by atoms with Gasteiger partial charge in [-0.1, -0.05) is 0 Å². The highest BCUT2D eigenvalue weighted by Gasteiger charge is 2.21. The fraction of sp³-hybridized carbons (Fsp3) is 0.259. The summed E-state index contributed by atoms with van der Waals surface area (Å²) in [5.74, 6) is -0.832. The highest BCUT2D eigenvalue weighted by Crippen LogP contribution is 2.28. The summed E-state index contributed by atoms with van der Waals surface area (Å²) in [6, 6.07) is 7.58. The molecule has 0 atom stereocenters. The van der Waals surface area contributed by atoms with Gasteiger partial charge in [0.25, 0.3) is 5.56 Å². The first-order valence-corrected chi connectivity index (χ1v) is 12.2. The maximum absolute atomic E-state index is 14.4. The van der Waals surface area contributed by atoms with E-state index in [0.29, 0.717) is 22.8 Å². The molecular weight excluding hydrogens is 546 g/mol. The number of aryl methyl sites for hydroxylation is 2. The van der Waals surface area contributed by atoms with Crippen LogP contribution in [0, 0.1) is 32.4 Å². The first-order chi connectivity index (χ1) is 17.4. The van der Waals surface area contributed by atoms with E-state index in [1.54, 1.807) is 51.4 Å². The third-order valence-corrected chi connectivity index (χ3v) is 6.59. The Morgan fingerprint density at radius 1 is 1.08 bits per heavy atom. The maximum atomic E-state index is 14.4. The van der Waals surface area contributed by atoms with Gasteiger partial charge in [-0.15, -0.1) is 0 Å². The predicted molar refractivity (Wildman–Crippen MR) is 139 cm³/mol. The number of aromatic nitrogens is 4. The Labute approximate surface area is 221 Å². The van der Waals surface area contributed by atoms with Gasteiger partial charge in [-0.25, -0.2) is 18.7 Å². The largest absolute Gasteiger partial charge is 0.487 e. The SMILES string of the molecule is Cc1cnc(-c2ccnc(C(C)(C)O)n2)cc1-n1c(C)cc(OCc2ccc(F)c(C)c2F)c(Br)c1=O. The monoisotopic (exact) mass is 570 g/mol. The van der Waals surface area contributed by atoms with Crippen molar-refractivity contribution in [1.29, 1.82) is 0 Å². The average molecular weight is 571 g/mol. The molecule has 0 spiro atoms. The number of hydrogen-bond acceptors (Lipinski definition) is 6. The van der Waals surface area contributed by atoms with Crippen LogP contribution in [0.1, 0.15) is 42.1 Å². The van der Waals surface area contributed by atoms with Crippen molar-refractivity contribution in [3.05, 3.63) is 97.4 Å². The molecule has 0 aliphatic rings. The van der Waals surface area contributed by atoms with E-state index in [9.17, 15) is 18.7 Å². The topological polar surface area (TPSA) is 90.1 Å². The van der Waals surface area contributed by atoms with E-state index in [1.165, 1.54) is 23.6 Å². The zero-order chi connectivity index (χ0) is 27.1. The molecule has 0 saturated heterocycles. The summed E-state index contributed by atoms with van der Waals surface area (Å²) in [4.78, 5) is 26.4. The molecule has 3 aromatic heterocycles. The van der Waals surface area contributed by atoms with E-state index in [1.807, 2.05) is 6.92 Å². The van der Waals surface area contributed by atoms with Crippen LogP contribution in [-0.4, -0.2) is 24.6 Å². The first-order valence-electron chi connectivity index (χ1n) is 11.4. The molecule has 0 unspecified atom stereocenters. The minimum absolute atomic E-state index is 0.0888. The summed E-state index contributed by atoms with van der Waals surface area (Å²) in [7, 11) is 0. The van der Waals surface area contributed by atoms with Crippen molar-refractivity contribution in [3.8, 4) is 22.8 Å². The summed E-state index contributed by atoms with van der Waals surface area (Å²) < 4.78 is 35.4. The van der Waals surface area contributed by atoms with Gasteiger partial charge in [-0.2, -0.15) is 0 Å². The number of ether oxygens (including phenoxy) is 1. The molecule has 4 aromatic rings. The van der Waals surface area contributed by atoms with Gasteiger partial charge in [-0.3, -0.25) is 14.3 Å². The molecule has 4 rings (SSSR count). The van der Waals surface area contributed by atoms with Gasteiger partial charge in [0.15, 0.2) is 5.82 Å². The van der Waals surface area contributed by atoms with Crippen LogP contribution in [0.4, 0.5) is 8.78 Å². The van der Waals surface area contributed by atoms with E-state index in [2.05, 4.69) is 30.9 Å². The number of aliphatic hydroxyl groups is 1. The van der Waals surface area contributed by atoms with Crippen molar-refractivity contribution >= 4 is 15.9 Å². The number of halogens is 3. The number of benzene rings is 1. The van der Waals surface area contributed by atoms with E-state index in [0.717, 1.165) is 5.56 Å². The Morgan fingerprint density at radius 2 is 1.81 bits per heavy atom. The Balaban J connectivity index is 1.72. The standard InChI is InChI=1S/C27H25BrF2N4O3/c1-14-12-32-20(19-8-9-31-26(33-19)27(4,5)36)11-21(14)34-15(2)10-22(23(28)25(34)35)37-13-17-6-7-18(29)16(3)24(17)30/h6-12,36H,13H2,1-5H3. The molecule has 0 bridgehead atoms. The van der Waals surface area contributed by atoms with Gasteiger partial charge in [0.1, 0.15) is 34.1 Å². The van der Waals surface area contributed by atoms with Crippen molar-refractivity contribution in [2.75, 3.05) is 0 Å². The van der Waals surface area contributed by atoms with Crippen LogP contribution in [0.25, 0.3) is 17.1 Å². The Hall–Kier alpha value is -3.50. The van der Waals surface area contributed by atoms with E-state index in [-0.39, 0.29) is 39.3 Å². The minimum Gasteiger partial charge on any atom is -0.487 e. The summed E-state index contributed by atoms with van der Waals surface area (Å²) in [5.41, 5.74) is 1.37. The summed E-state index contributed by atoms with van der Waals surface area (Å²) in [5, 5.41) is 10.3. The predicted octanol–water partition coefficient (Wildman–Crippen LogP) is 5.46. The molecule has 10 heteroatoms. The number of pyridine rings is 2. The van der Waals surface area contributed by atoms with E-state index in [4.69, 9.17) is 4.74 Å². The van der Waals surface area contributed by atoms with Gasteiger partial charge in [0, 0.05) is 35.3 Å². The molecule has 0 radical (unpaired) electrons. The summed E-state index contributed by atoms with van der Waals surface area (Å²) >= 11 is 3.32. The second kappa shape index (κ2) is 10.1. The third-order valence-electron chi connectivity index (χ3n) is 5.86. The first kappa shape index (κ1) is 26.6. The van der Waals surface area contributed by atoms with Crippen molar-refractivity contribution in [1.82, 2.24) is 19.5 Å². The number of rotatable bonds is 6. The molecule has 0 aliphatic carbocycles. The molecule has 3 heterocycles. The lowest BCUT2D eigenvalue weighted by Gasteiger charge is -2.18. The molecule has 192 valence electrons. The molecule has 37 heavy (non-hydrogen) atoms. The summed E-state index contributed by atoms with van der Waals surface area (Å²) in [6.07, 6.45) is 3.18. The Kier molecular flexibility index (Phi) is 7.25. The van der Waals surface area contributed by atoms with Gasteiger partial charge in [-0.05, 0) is 80.4 Å². The van der Waals surface area contributed by atoms with Crippen LogP contribution < -0.4 is 10.3 Å². The van der Waals surface area contributed by atoms with Crippen molar-refractivity contribution in [2.24, 2.45) is 0 Å². The van der Waals surface area contributed by atoms with Crippen LogP contribution in [0.3, 0.4) is 0 Å². The second-order valence-electron chi connectivity index (χ2n) is 9.22. The minimum atomic E-state index is -1.23. The lowest BCUT2D eigenvalue weighted by atomic mass is 10.1. The molecule has 0 amide bonds. The molecule has 1 aromatic carbocycles. The molecule has 0 aliphatic heterocycles. The zero-order valence-corrected chi connectivity index (χ0v) is 22.5. The molecule has 7 nitrogen and oxygen atoms in total.